The van der Waals surface area contributed by atoms with E-state index in [0.717, 1.165) is 30.6 Å². The van der Waals surface area contributed by atoms with Gasteiger partial charge in [-0.15, -0.1) is 0 Å². The molecule has 21 heavy (non-hydrogen) atoms. The normalized spacial score (nSPS) is 10.4. The highest BCUT2D eigenvalue weighted by Gasteiger charge is 2.00. The highest BCUT2D eigenvalue weighted by molar-refractivity contribution is 5.91. The van der Waals surface area contributed by atoms with Crippen LogP contribution in [0.1, 0.15) is 59.3 Å². The highest BCUT2D eigenvalue weighted by atomic mass is 16.5. The Morgan fingerprint density at radius 3 is 2.05 bits per heavy atom. The Balaban J connectivity index is 3.61. The maximum Gasteiger partial charge on any atom is 0.331 e. The highest BCUT2D eigenvalue weighted by Crippen LogP contribution is 2.04. The molecule has 0 saturated carbocycles. The Bertz CT molecular complexity index is 352. The van der Waals surface area contributed by atoms with Crippen LogP contribution in [0.5, 0.6) is 0 Å². The monoisotopic (exact) mass is 296 g/mol. The molecule has 120 valence electrons. The van der Waals surface area contributed by atoms with Crippen molar-refractivity contribution in [2.24, 2.45) is 0 Å². The molecule has 0 rings (SSSR count). The molecule has 0 unspecified atom stereocenters. The molecule has 0 aromatic heterocycles. The van der Waals surface area contributed by atoms with Crippen LogP contribution in [-0.4, -0.2) is 25.2 Å². The third kappa shape index (κ3) is 14.6. The van der Waals surface area contributed by atoms with Crippen molar-refractivity contribution < 1.29 is 19.1 Å². The van der Waals surface area contributed by atoms with E-state index in [9.17, 15) is 9.59 Å². The summed E-state index contributed by atoms with van der Waals surface area (Å²) < 4.78 is 9.87. The van der Waals surface area contributed by atoms with Gasteiger partial charge in [0.05, 0.1) is 6.61 Å². The summed E-state index contributed by atoms with van der Waals surface area (Å²) in [5.74, 6) is -1.04. The first-order valence-corrected chi connectivity index (χ1v) is 7.71. The van der Waals surface area contributed by atoms with E-state index in [-0.39, 0.29) is 6.61 Å². The topological polar surface area (TPSA) is 52.6 Å². The van der Waals surface area contributed by atoms with Gasteiger partial charge in [0.2, 0.25) is 0 Å². The molecule has 0 aromatic carbocycles. The van der Waals surface area contributed by atoms with Gasteiger partial charge in [-0.25, -0.2) is 9.59 Å². The second kappa shape index (κ2) is 13.4. The van der Waals surface area contributed by atoms with E-state index >= 15 is 0 Å². The summed E-state index contributed by atoms with van der Waals surface area (Å²) in [5.41, 5.74) is 1.07. The molecule has 0 N–H and O–H groups in total. The van der Waals surface area contributed by atoms with Gasteiger partial charge in [0.1, 0.15) is 6.61 Å². The first-order chi connectivity index (χ1) is 10.1. The number of unbranched alkanes of at least 4 members (excludes halogenated alkanes) is 5. The molecule has 0 aliphatic carbocycles. The number of carbonyl (C=O) groups is 2. The third-order valence-corrected chi connectivity index (χ3v) is 2.81. The lowest BCUT2D eigenvalue weighted by atomic mass is 10.1. The van der Waals surface area contributed by atoms with E-state index < -0.39 is 11.9 Å². The molecule has 0 fully saturated rings. The van der Waals surface area contributed by atoms with E-state index in [1.54, 1.807) is 6.08 Å². The number of hydrogen-bond acceptors (Lipinski definition) is 4. The standard InChI is InChI=1S/C17H28O4/c1-4-5-6-7-8-9-13-20-16(18)10-11-17(19)21-14-12-15(2)3/h10-12H,4-9,13-14H2,1-3H3/b11-10+. The molecule has 0 aromatic rings. The van der Waals surface area contributed by atoms with Crippen LogP contribution in [0.15, 0.2) is 23.8 Å². The Hall–Kier alpha value is -1.58. The maximum absolute atomic E-state index is 11.3. The predicted octanol–water partition coefficient (Wildman–Crippen LogP) is 3.96. The van der Waals surface area contributed by atoms with Gasteiger partial charge in [0, 0.05) is 12.2 Å². The number of ether oxygens (including phenoxy) is 2. The second-order valence-corrected chi connectivity index (χ2v) is 5.18. The molecule has 0 bridgehead atoms. The molecule has 0 aliphatic heterocycles. The lowest BCUT2D eigenvalue weighted by Gasteiger charge is -2.02. The number of rotatable bonds is 11. The number of hydrogen-bond donors (Lipinski definition) is 0. The van der Waals surface area contributed by atoms with Crippen LogP contribution in [0.4, 0.5) is 0 Å². The minimum Gasteiger partial charge on any atom is -0.463 e. The zero-order valence-electron chi connectivity index (χ0n) is 13.5. The van der Waals surface area contributed by atoms with Crippen molar-refractivity contribution in [1.82, 2.24) is 0 Å². The van der Waals surface area contributed by atoms with E-state index in [2.05, 4.69) is 6.92 Å². The average Bonchev–Trinajstić information content (AvgIpc) is 2.43. The Morgan fingerprint density at radius 1 is 0.857 bits per heavy atom. The van der Waals surface area contributed by atoms with Crippen molar-refractivity contribution in [1.29, 1.82) is 0 Å². The minimum atomic E-state index is -0.538. The van der Waals surface area contributed by atoms with E-state index in [0.29, 0.717) is 6.61 Å². The fraction of sp³-hybridized carbons (Fsp3) is 0.647. The SMILES string of the molecule is CCCCCCCCOC(=O)/C=C/C(=O)OCC=C(C)C. The van der Waals surface area contributed by atoms with Gasteiger partial charge >= 0.3 is 11.9 Å². The lowest BCUT2D eigenvalue weighted by molar-refractivity contribution is -0.140. The number of esters is 2. The first-order valence-electron chi connectivity index (χ1n) is 7.71. The van der Waals surface area contributed by atoms with Crippen molar-refractivity contribution in [3.8, 4) is 0 Å². The molecule has 0 amide bonds. The lowest BCUT2D eigenvalue weighted by Crippen LogP contribution is -2.05. The molecule has 0 aliphatic rings. The predicted molar refractivity (Wildman–Crippen MR) is 83.9 cm³/mol. The Kier molecular flexibility index (Phi) is 12.4. The summed E-state index contributed by atoms with van der Waals surface area (Å²) in [4.78, 5) is 22.6. The van der Waals surface area contributed by atoms with Crippen molar-refractivity contribution in [3.05, 3.63) is 23.8 Å². The Morgan fingerprint density at radius 2 is 1.43 bits per heavy atom. The zero-order valence-corrected chi connectivity index (χ0v) is 13.5. The summed E-state index contributed by atoms with van der Waals surface area (Å²) >= 11 is 0. The van der Waals surface area contributed by atoms with Crippen molar-refractivity contribution in [2.45, 2.75) is 59.3 Å². The van der Waals surface area contributed by atoms with Crippen LogP contribution in [-0.2, 0) is 19.1 Å². The minimum absolute atomic E-state index is 0.221. The van der Waals surface area contributed by atoms with Gasteiger partial charge in [-0.05, 0) is 26.3 Å². The number of carbonyl (C=O) groups excluding carboxylic acids is 2. The molecule has 0 spiro atoms. The Labute approximate surface area is 128 Å². The van der Waals surface area contributed by atoms with Gasteiger partial charge in [0.15, 0.2) is 0 Å². The fourth-order valence-corrected chi connectivity index (χ4v) is 1.58. The van der Waals surface area contributed by atoms with Gasteiger partial charge in [-0.1, -0.05) is 44.6 Å². The molecular formula is C17H28O4. The molecule has 4 nitrogen and oxygen atoms in total. The number of allylic oxidation sites excluding steroid dienone is 1. The maximum atomic E-state index is 11.3. The molecular weight excluding hydrogens is 268 g/mol. The van der Waals surface area contributed by atoms with Crippen LogP contribution < -0.4 is 0 Å². The summed E-state index contributed by atoms with van der Waals surface area (Å²) in [6.45, 7) is 6.64. The summed E-state index contributed by atoms with van der Waals surface area (Å²) in [7, 11) is 0. The summed E-state index contributed by atoms with van der Waals surface area (Å²) in [6, 6.07) is 0. The fourth-order valence-electron chi connectivity index (χ4n) is 1.58. The van der Waals surface area contributed by atoms with Gasteiger partial charge in [-0.3, -0.25) is 0 Å². The molecule has 0 saturated heterocycles. The average molecular weight is 296 g/mol. The summed E-state index contributed by atoms with van der Waals surface area (Å²) in [6.07, 6.45) is 10.9. The second-order valence-electron chi connectivity index (χ2n) is 5.18. The van der Waals surface area contributed by atoms with Crippen LogP contribution in [0.2, 0.25) is 0 Å². The van der Waals surface area contributed by atoms with Gasteiger partial charge in [-0.2, -0.15) is 0 Å². The molecule has 0 heterocycles. The smallest absolute Gasteiger partial charge is 0.331 e. The van der Waals surface area contributed by atoms with Gasteiger partial charge < -0.3 is 9.47 Å². The molecule has 4 heteroatoms. The first kappa shape index (κ1) is 19.4. The van der Waals surface area contributed by atoms with Crippen LogP contribution in [0.3, 0.4) is 0 Å². The molecule has 0 atom stereocenters. The summed E-state index contributed by atoms with van der Waals surface area (Å²) in [5, 5.41) is 0. The van der Waals surface area contributed by atoms with E-state index in [1.807, 2.05) is 13.8 Å². The van der Waals surface area contributed by atoms with Crippen molar-refractivity contribution in [2.75, 3.05) is 13.2 Å². The largest absolute Gasteiger partial charge is 0.463 e. The van der Waals surface area contributed by atoms with Gasteiger partial charge in [0.25, 0.3) is 0 Å². The van der Waals surface area contributed by atoms with Crippen molar-refractivity contribution in [3.63, 3.8) is 0 Å². The quantitative estimate of drug-likeness (QED) is 0.251. The van der Waals surface area contributed by atoms with Crippen molar-refractivity contribution >= 4 is 11.9 Å². The third-order valence-electron chi connectivity index (χ3n) is 2.81. The zero-order chi connectivity index (χ0) is 15.9. The molecule has 0 radical (unpaired) electrons. The van der Waals surface area contributed by atoms with E-state index in [1.165, 1.54) is 25.7 Å². The van der Waals surface area contributed by atoms with E-state index in [4.69, 9.17) is 9.47 Å². The van der Waals surface area contributed by atoms with Crippen LogP contribution in [0, 0.1) is 0 Å². The van der Waals surface area contributed by atoms with Crippen LogP contribution >= 0.6 is 0 Å². The van der Waals surface area contributed by atoms with Crippen LogP contribution in [0.25, 0.3) is 0 Å².